The van der Waals surface area contributed by atoms with Crippen molar-refractivity contribution in [1.82, 2.24) is 30.6 Å². The fourth-order valence-corrected chi connectivity index (χ4v) is 11.1. The van der Waals surface area contributed by atoms with Gasteiger partial charge in [0.1, 0.15) is 34.7 Å². The predicted molar refractivity (Wildman–Crippen MR) is 216 cm³/mol. The molecule has 15 heteroatoms. The average Bonchev–Trinajstić information content (AvgIpc) is 4.17. The number of fused-ring (bicyclic) bond motifs is 5. The van der Waals surface area contributed by atoms with Crippen LogP contribution in [0.15, 0.2) is 30.4 Å². The normalized spacial score (nSPS) is 31.4. The molecule has 4 heterocycles. The van der Waals surface area contributed by atoms with E-state index in [0.29, 0.717) is 38.5 Å². The van der Waals surface area contributed by atoms with Gasteiger partial charge in [-0.2, -0.15) is 0 Å². The van der Waals surface area contributed by atoms with Gasteiger partial charge >= 0.3 is 6.03 Å². The number of hydrogen-bond donors (Lipinski definition) is 4. The summed E-state index contributed by atoms with van der Waals surface area (Å²) in [5.74, 6) is -0.399. The Morgan fingerprint density at radius 1 is 0.983 bits per heavy atom. The predicted octanol–water partition coefficient (Wildman–Crippen LogP) is 4.79. The molecule has 312 valence electrons. The summed E-state index contributed by atoms with van der Waals surface area (Å²) in [5.41, 5.74) is 0.343. The van der Waals surface area contributed by atoms with Crippen molar-refractivity contribution in [3.63, 3.8) is 0 Å². The van der Waals surface area contributed by atoms with Crippen molar-refractivity contribution in [3.05, 3.63) is 41.6 Å². The highest BCUT2D eigenvalue weighted by Gasteiger charge is 2.64. The number of aromatic nitrogens is 1. The number of pyridine rings is 1. The molecule has 14 nitrogen and oxygen atoms in total. The van der Waals surface area contributed by atoms with Gasteiger partial charge in [-0.25, -0.2) is 18.2 Å². The molecule has 1 spiro atoms. The number of carbonyl (C=O) groups is 4. The molecule has 5 fully saturated rings. The molecular formula is C43H56N6O8S. The SMILES string of the molecule is COc1ccc2c3c(c(C4CC4)nc2c1)O[C@]1(CC3)C[C@H]2C(=O)N[C@]3(C(=O)NS(=O)(=O)C4(C)CC4)C[C@H]3/C=C\CCCCC[C@H](NC(=O)NC3CCCC3)C(=O)N2C1. The van der Waals surface area contributed by atoms with E-state index in [2.05, 4.69) is 20.7 Å². The number of sulfonamides is 1. The Balaban J connectivity index is 1.05. The number of urea groups is 1. The number of aryl methyl sites for hydroxylation is 1. The molecule has 0 bridgehead atoms. The molecule has 1 aromatic carbocycles. The molecule has 3 aliphatic heterocycles. The van der Waals surface area contributed by atoms with E-state index in [9.17, 15) is 27.6 Å². The molecule has 1 saturated heterocycles. The summed E-state index contributed by atoms with van der Waals surface area (Å²) in [4.78, 5) is 63.9. The zero-order valence-electron chi connectivity index (χ0n) is 33.6. The second-order valence-corrected chi connectivity index (χ2v) is 20.5. The van der Waals surface area contributed by atoms with Gasteiger partial charge in [0.05, 0.1) is 29.6 Å². The van der Waals surface area contributed by atoms with Crippen molar-refractivity contribution >= 4 is 44.7 Å². The van der Waals surface area contributed by atoms with Crippen LogP contribution in [0.25, 0.3) is 10.9 Å². The zero-order valence-corrected chi connectivity index (χ0v) is 34.4. The van der Waals surface area contributed by atoms with Crippen LogP contribution in [0.5, 0.6) is 11.5 Å². The molecule has 4 N–H and O–H groups in total. The van der Waals surface area contributed by atoms with Crippen LogP contribution in [0.4, 0.5) is 4.79 Å². The number of rotatable bonds is 7. The minimum absolute atomic E-state index is 0.0556. The summed E-state index contributed by atoms with van der Waals surface area (Å²) in [6.07, 6.45) is 15.7. The summed E-state index contributed by atoms with van der Waals surface area (Å²) in [5, 5.41) is 10.0. The van der Waals surface area contributed by atoms with Crippen molar-refractivity contribution in [1.29, 1.82) is 0 Å². The van der Waals surface area contributed by atoms with Crippen LogP contribution in [-0.4, -0.2) is 89.7 Å². The summed E-state index contributed by atoms with van der Waals surface area (Å²) < 4.78 is 40.5. The standard InChI is InChI=1S/C43H56N6O8S/c1-41(20-21-41)58(54,55)48-39(52)43-23-27(43)10-6-4-3-5-7-13-32(46-40(53)44-28-11-8-9-12-28)38(51)49-25-42(24-34(49)37(50)47-43)19-18-31-30-17-16-29(56-2)22-33(30)45-35(26-14-15-26)36(31)57-42/h6,10,16-17,22,26-28,32,34H,3-5,7-9,11-15,18-21,23-25H2,1-2H3,(H,47,50)(H,48,52)(H2,44,46,53)/b10-6-/t27-,32+,34+,42-,43-/m1/s1. The lowest BCUT2D eigenvalue weighted by Gasteiger charge is -2.37. The van der Waals surface area contributed by atoms with Crippen LogP contribution in [0.1, 0.15) is 127 Å². The zero-order chi connectivity index (χ0) is 40.5. The third-order valence-electron chi connectivity index (χ3n) is 14.0. The van der Waals surface area contributed by atoms with Gasteiger partial charge in [0, 0.05) is 41.3 Å². The molecule has 4 aliphatic carbocycles. The Labute approximate surface area is 340 Å². The number of benzene rings is 1. The highest BCUT2D eigenvalue weighted by Crippen LogP contribution is 2.52. The Kier molecular flexibility index (Phi) is 9.91. The molecule has 58 heavy (non-hydrogen) atoms. The van der Waals surface area contributed by atoms with E-state index < -0.39 is 61.8 Å². The number of carbonyl (C=O) groups excluding carboxylic acids is 4. The smallest absolute Gasteiger partial charge is 0.315 e. The number of allylic oxidation sites excluding steroid dienone is 1. The third-order valence-corrected chi connectivity index (χ3v) is 16.2. The maximum Gasteiger partial charge on any atom is 0.315 e. The second-order valence-electron chi connectivity index (χ2n) is 18.3. The molecule has 2 aromatic rings. The second kappa shape index (κ2) is 14.7. The van der Waals surface area contributed by atoms with Crippen LogP contribution in [0, 0.1) is 5.92 Å². The van der Waals surface area contributed by atoms with E-state index in [1.165, 1.54) is 0 Å². The van der Waals surface area contributed by atoms with Gasteiger partial charge in [0.2, 0.25) is 21.8 Å². The summed E-state index contributed by atoms with van der Waals surface area (Å²) in [7, 11) is -2.34. The van der Waals surface area contributed by atoms with Gasteiger partial charge in [0.15, 0.2) is 0 Å². The number of hydrogen-bond acceptors (Lipinski definition) is 9. The lowest BCUT2D eigenvalue weighted by Crippen LogP contribution is -2.59. The van der Waals surface area contributed by atoms with E-state index in [1.807, 2.05) is 30.4 Å². The first-order valence-electron chi connectivity index (χ1n) is 21.5. The van der Waals surface area contributed by atoms with Gasteiger partial charge in [-0.15, -0.1) is 0 Å². The van der Waals surface area contributed by atoms with Crippen LogP contribution in [0.3, 0.4) is 0 Å². The molecule has 5 atom stereocenters. The minimum Gasteiger partial charge on any atom is -0.497 e. The van der Waals surface area contributed by atoms with Crippen molar-refractivity contribution in [2.75, 3.05) is 13.7 Å². The maximum absolute atomic E-state index is 14.9. The van der Waals surface area contributed by atoms with Gasteiger partial charge in [-0.05, 0) is 96.1 Å². The Morgan fingerprint density at radius 2 is 1.76 bits per heavy atom. The van der Waals surface area contributed by atoms with Gasteiger partial charge < -0.3 is 30.3 Å². The lowest BCUT2D eigenvalue weighted by atomic mass is 9.86. The first-order valence-corrected chi connectivity index (χ1v) is 22.9. The lowest BCUT2D eigenvalue weighted by molar-refractivity contribution is -0.141. The number of ether oxygens (including phenoxy) is 2. The molecule has 4 saturated carbocycles. The minimum atomic E-state index is -3.98. The van der Waals surface area contributed by atoms with E-state index >= 15 is 0 Å². The quantitative estimate of drug-likeness (QED) is 0.286. The van der Waals surface area contributed by atoms with E-state index in [-0.39, 0.29) is 37.3 Å². The molecule has 7 aliphatic rings. The molecule has 1 aromatic heterocycles. The number of nitrogens with one attached hydrogen (secondary N) is 4. The van der Waals surface area contributed by atoms with Crippen molar-refractivity contribution in [2.24, 2.45) is 5.92 Å². The van der Waals surface area contributed by atoms with Gasteiger partial charge in [0.25, 0.3) is 5.91 Å². The summed E-state index contributed by atoms with van der Waals surface area (Å²) in [6, 6.07) is 3.60. The van der Waals surface area contributed by atoms with Crippen LogP contribution in [-0.2, 0) is 30.8 Å². The van der Waals surface area contributed by atoms with Crippen molar-refractivity contribution in [2.45, 2.75) is 156 Å². The Morgan fingerprint density at radius 3 is 2.50 bits per heavy atom. The fraction of sp³-hybridized carbons (Fsp3) is 0.651. The summed E-state index contributed by atoms with van der Waals surface area (Å²) >= 11 is 0. The van der Waals surface area contributed by atoms with Crippen molar-refractivity contribution in [3.8, 4) is 11.5 Å². The fourth-order valence-electron chi connectivity index (χ4n) is 9.75. The largest absolute Gasteiger partial charge is 0.497 e. The first kappa shape index (κ1) is 39.1. The van der Waals surface area contributed by atoms with Gasteiger partial charge in [-0.1, -0.05) is 37.8 Å². The number of amides is 5. The molecule has 0 radical (unpaired) electrons. The molecule has 9 rings (SSSR count). The third kappa shape index (κ3) is 7.29. The average molecular weight is 817 g/mol. The number of methoxy groups -OCH3 is 1. The molecule has 5 amide bonds. The monoisotopic (exact) mass is 816 g/mol. The van der Waals surface area contributed by atoms with E-state index in [4.69, 9.17) is 14.5 Å². The maximum atomic E-state index is 14.9. The highest BCUT2D eigenvalue weighted by atomic mass is 32.2. The summed E-state index contributed by atoms with van der Waals surface area (Å²) in [6.45, 7) is 1.72. The topological polar surface area (TPSA) is 185 Å². The van der Waals surface area contributed by atoms with Crippen molar-refractivity contribution < 1.29 is 37.1 Å². The Bertz CT molecular complexity index is 2160. The number of nitrogens with zero attached hydrogens (tertiary/aromatic N) is 2. The Hall–Kier alpha value is -4.40. The van der Waals surface area contributed by atoms with Crippen LogP contribution in [0.2, 0.25) is 0 Å². The van der Waals surface area contributed by atoms with Gasteiger partial charge in [-0.3, -0.25) is 19.1 Å². The van der Waals surface area contributed by atoms with Crippen LogP contribution < -0.4 is 30.1 Å². The molecular weight excluding hydrogens is 761 g/mol. The van der Waals surface area contributed by atoms with Crippen LogP contribution >= 0.6 is 0 Å². The first-order chi connectivity index (χ1) is 27.8. The van der Waals surface area contributed by atoms with E-state index in [1.54, 1.807) is 18.9 Å². The molecule has 0 unspecified atom stereocenters. The van der Waals surface area contributed by atoms with E-state index in [0.717, 1.165) is 91.4 Å². The highest BCUT2D eigenvalue weighted by molar-refractivity contribution is 7.91.